The number of carbonyl (C=O) groups is 1. The van der Waals surface area contributed by atoms with E-state index in [1.807, 2.05) is 29.2 Å². The van der Waals surface area contributed by atoms with Gasteiger partial charge in [-0.3, -0.25) is 4.79 Å². The highest BCUT2D eigenvalue weighted by molar-refractivity contribution is 5.80. The maximum atomic E-state index is 12.5. The van der Waals surface area contributed by atoms with Crippen molar-refractivity contribution in [1.29, 1.82) is 0 Å². The second kappa shape index (κ2) is 5.61. The molecule has 0 aliphatic carbocycles. The highest BCUT2D eigenvalue weighted by atomic mass is 16.5. The number of hydrogen-bond donors (Lipinski definition) is 1. The first-order valence-corrected chi connectivity index (χ1v) is 6.73. The van der Waals surface area contributed by atoms with E-state index in [0.29, 0.717) is 13.0 Å². The molecule has 4 nitrogen and oxygen atoms in total. The lowest BCUT2D eigenvalue weighted by Crippen LogP contribution is -2.50. The van der Waals surface area contributed by atoms with Crippen LogP contribution in [0, 0.1) is 0 Å². The standard InChI is InChI=1S/C15H22N2O2/c1-15(11-16)8-5-9-17(15)14(18)10-12-6-3-4-7-13(12)19-2/h3-4,6-7H,5,8-11,16H2,1-2H3. The quantitative estimate of drug-likeness (QED) is 0.896. The van der Waals surface area contributed by atoms with E-state index in [0.717, 1.165) is 30.7 Å². The first-order chi connectivity index (χ1) is 9.10. The third-order valence-corrected chi connectivity index (χ3v) is 4.02. The zero-order chi connectivity index (χ0) is 13.9. The Balaban J connectivity index is 2.13. The average Bonchev–Trinajstić information content (AvgIpc) is 2.82. The Bertz CT molecular complexity index is 461. The van der Waals surface area contributed by atoms with Gasteiger partial charge in [-0.05, 0) is 25.8 Å². The summed E-state index contributed by atoms with van der Waals surface area (Å²) in [6.45, 7) is 3.40. The molecule has 1 heterocycles. The largest absolute Gasteiger partial charge is 0.496 e. The number of para-hydroxylation sites is 1. The lowest BCUT2D eigenvalue weighted by molar-refractivity contribution is -0.133. The Morgan fingerprint density at radius 1 is 1.47 bits per heavy atom. The summed E-state index contributed by atoms with van der Waals surface area (Å²) in [6.07, 6.45) is 2.39. The molecule has 0 bridgehead atoms. The summed E-state index contributed by atoms with van der Waals surface area (Å²) in [5, 5.41) is 0. The molecule has 1 saturated heterocycles. The Morgan fingerprint density at radius 3 is 2.89 bits per heavy atom. The molecule has 0 aromatic heterocycles. The molecule has 104 valence electrons. The van der Waals surface area contributed by atoms with E-state index < -0.39 is 0 Å². The van der Waals surface area contributed by atoms with Gasteiger partial charge in [-0.1, -0.05) is 18.2 Å². The van der Waals surface area contributed by atoms with Gasteiger partial charge in [0.1, 0.15) is 5.75 Å². The summed E-state index contributed by atoms with van der Waals surface area (Å²) >= 11 is 0. The summed E-state index contributed by atoms with van der Waals surface area (Å²) < 4.78 is 5.29. The van der Waals surface area contributed by atoms with E-state index in [9.17, 15) is 4.79 Å². The minimum atomic E-state index is -0.181. The molecule has 1 aromatic carbocycles. The average molecular weight is 262 g/mol. The van der Waals surface area contributed by atoms with Crippen LogP contribution in [0.25, 0.3) is 0 Å². The number of amides is 1. The van der Waals surface area contributed by atoms with Gasteiger partial charge in [0.25, 0.3) is 0 Å². The van der Waals surface area contributed by atoms with Crippen LogP contribution in [0.5, 0.6) is 5.75 Å². The topological polar surface area (TPSA) is 55.6 Å². The van der Waals surface area contributed by atoms with Gasteiger partial charge in [0.2, 0.25) is 5.91 Å². The highest BCUT2D eigenvalue weighted by Crippen LogP contribution is 2.29. The predicted molar refractivity (Wildman–Crippen MR) is 75.1 cm³/mol. The van der Waals surface area contributed by atoms with E-state index in [1.165, 1.54) is 0 Å². The van der Waals surface area contributed by atoms with Gasteiger partial charge in [-0.15, -0.1) is 0 Å². The van der Waals surface area contributed by atoms with Crippen molar-refractivity contribution in [3.05, 3.63) is 29.8 Å². The summed E-state index contributed by atoms with van der Waals surface area (Å²) in [5.74, 6) is 0.902. The maximum Gasteiger partial charge on any atom is 0.227 e. The van der Waals surface area contributed by atoms with Crippen LogP contribution >= 0.6 is 0 Å². The van der Waals surface area contributed by atoms with E-state index in [2.05, 4.69) is 6.92 Å². The van der Waals surface area contributed by atoms with Gasteiger partial charge in [0, 0.05) is 18.7 Å². The van der Waals surface area contributed by atoms with Crippen molar-refractivity contribution in [1.82, 2.24) is 4.90 Å². The van der Waals surface area contributed by atoms with Gasteiger partial charge in [-0.25, -0.2) is 0 Å². The molecule has 1 aromatic rings. The van der Waals surface area contributed by atoms with Crippen LogP contribution in [0.3, 0.4) is 0 Å². The smallest absolute Gasteiger partial charge is 0.227 e. The van der Waals surface area contributed by atoms with Crippen LogP contribution in [-0.4, -0.2) is 36.5 Å². The molecule has 2 rings (SSSR count). The highest BCUT2D eigenvalue weighted by Gasteiger charge is 2.38. The van der Waals surface area contributed by atoms with Crippen molar-refractivity contribution >= 4 is 5.91 Å². The second-order valence-corrected chi connectivity index (χ2v) is 5.34. The molecular weight excluding hydrogens is 240 g/mol. The van der Waals surface area contributed by atoms with Crippen molar-refractivity contribution < 1.29 is 9.53 Å². The van der Waals surface area contributed by atoms with Crippen LogP contribution in [0.1, 0.15) is 25.3 Å². The van der Waals surface area contributed by atoms with Crippen molar-refractivity contribution in [3.63, 3.8) is 0 Å². The van der Waals surface area contributed by atoms with Gasteiger partial charge in [0.15, 0.2) is 0 Å². The molecule has 1 aliphatic rings. The molecule has 0 spiro atoms. The predicted octanol–water partition coefficient (Wildman–Crippen LogP) is 1.58. The fourth-order valence-electron chi connectivity index (χ4n) is 2.77. The zero-order valence-corrected chi connectivity index (χ0v) is 11.7. The van der Waals surface area contributed by atoms with Crippen molar-refractivity contribution in [2.24, 2.45) is 5.73 Å². The van der Waals surface area contributed by atoms with Gasteiger partial charge < -0.3 is 15.4 Å². The molecule has 1 atom stereocenters. The van der Waals surface area contributed by atoms with E-state index in [-0.39, 0.29) is 11.4 Å². The summed E-state index contributed by atoms with van der Waals surface area (Å²) in [5.41, 5.74) is 6.58. The number of likely N-dealkylation sites (tertiary alicyclic amines) is 1. The number of nitrogens with zero attached hydrogens (tertiary/aromatic N) is 1. The molecular formula is C15H22N2O2. The number of nitrogens with two attached hydrogens (primary N) is 1. The normalized spacial score (nSPS) is 22.6. The zero-order valence-electron chi connectivity index (χ0n) is 11.7. The second-order valence-electron chi connectivity index (χ2n) is 5.34. The van der Waals surface area contributed by atoms with E-state index in [4.69, 9.17) is 10.5 Å². The Kier molecular flexibility index (Phi) is 4.10. The molecule has 0 radical (unpaired) electrons. The van der Waals surface area contributed by atoms with Gasteiger partial charge in [-0.2, -0.15) is 0 Å². The maximum absolute atomic E-state index is 12.5. The summed E-state index contributed by atoms with van der Waals surface area (Å²) in [4.78, 5) is 14.4. The Morgan fingerprint density at radius 2 is 2.21 bits per heavy atom. The van der Waals surface area contributed by atoms with E-state index >= 15 is 0 Å². The minimum Gasteiger partial charge on any atom is -0.496 e. The van der Waals surface area contributed by atoms with Crippen LogP contribution in [-0.2, 0) is 11.2 Å². The van der Waals surface area contributed by atoms with Crippen molar-refractivity contribution in [2.75, 3.05) is 20.2 Å². The molecule has 1 aliphatic heterocycles. The first kappa shape index (κ1) is 13.9. The monoisotopic (exact) mass is 262 g/mol. The third kappa shape index (κ3) is 2.73. The Hall–Kier alpha value is -1.55. The molecule has 1 unspecified atom stereocenters. The number of ether oxygens (including phenoxy) is 1. The lowest BCUT2D eigenvalue weighted by atomic mass is 9.98. The SMILES string of the molecule is COc1ccccc1CC(=O)N1CCCC1(C)CN. The van der Waals surface area contributed by atoms with Crippen LogP contribution in [0.15, 0.2) is 24.3 Å². The number of rotatable bonds is 4. The number of benzene rings is 1. The minimum absolute atomic E-state index is 0.134. The first-order valence-electron chi connectivity index (χ1n) is 6.73. The van der Waals surface area contributed by atoms with E-state index in [1.54, 1.807) is 7.11 Å². The summed E-state index contributed by atoms with van der Waals surface area (Å²) in [6, 6.07) is 7.66. The molecule has 1 fully saturated rings. The molecule has 0 saturated carbocycles. The molecule has 2 N–H and O–H groups in total. The van der Waals surface area contributed by atoms with Crippen molar-refractivity contribution in [3.8, 4) is 5.75 Å². The number of hydrogen-bond acceptors (Lipinski definition) is 3. The number of carbonyl (C=O) groups excluding carboxylic acids is 1. The molecule has 1 amide bonds. The molecule has 19 heavy (non-hydrogen) atoms. The lowest BCUT2D eigenvalue weighted by Gasteiger charge is -2.34. The third-order valence-electron chi connectivity index (χ3n) is 4.02. The fourth-order valence-corrected chi connectivity index (χ4v) is 2.77. The Labute approximate surface area is 114 Å². The summed E-state index contributed by atoms with van der Waals surface area (Å²) in [7, 11) is 1.63. The van der Waals surface area contributed by atoms with Crippen LogP contribution in [0.4, 0.5) is 0 Å². The van der Waals surface area contributed by atoms with Crippen LogP contribution < -0.4 is 10.5 Å². The van der Waals surface area contributed by atoms with Crippen molar-refractivity contribution in [2.45, 2.75) is 31.7 Å². The van der Waals surface area contributed by atoms with Gasteiger partial charge >= 0.3 is 0 Å². The van der Waals surface area contributed by atoms with Crippen LogP contribution in [0.2, 0.25) is 0 Å². The number of methoxy groups -OCH3 is 1. The van der Waals surface area contributed by atoms with Gasteiger partial charge in [0.05, 0.1) is 19.1 Å². The molecule has 4 heteroatoms. The fraction of sp³-hybridized carbons (Fsp3) is 0.533.